The minimum atomic E-state index is 0.350. The van der Waals surface area contributed by atoms with E-state index in [9.17, 15) is 0 Å². The molecule has 0 fully saturated rings. The normalized spacial score (nSPS) is 9.44. The Labute approximate surface area is 60.9 Å². The quantitative estimate of drug-likeness (QED) is 0.644. The van der Waals surface area contributed by atoms with Crippen molar-refractivity contribution in [3.05, 3.63) is 24.3 Å². The molecule has 9 heavy (non-hydrogen) atoms. The zero-order chi connectivity index (χ0) is 6.69. The summed E-state index contributed by atoms with van der Waals surface area (Å²) in [5.41, 5.74) is 0. The molecule has 1 aromatic carbocycles. The first kappa shape index (κ1) is 6.66. The monoisotopic (exact) mass is 188 g/mol. The van der Waals surface area contributed by atoms with E-state index < -0.39 is 0 Å². The third kappa shape index (κ3) is 1.74. The summed E-state index contributed by atoms with van der Waals surface area (Å²) in [6.45, 7) is 0. The zero-order valence-electron chi connectivity index (χ0n) is 5.16. The topological polar surface area (TPSA) is 20.2 Å². The van der Waals surface area contributed by atoms with Crippen LogP contribution in [0.5, 0.6) is 5.75 Å². The fourth-order valence-corrected chi connectivity index (χ4v) is 1.44. The molecule has 2 heteroatoms. The summed E-state index contributed by atoms with van der Waals surface area (Å²) >= 11 is 0.549. The van der Waals surface area contributed by atoms with Gasteiger partial charge in [0.2, 0.25) is 0 Å². The number of rotatable bonds is 1. The van der Waals surface area contributed by atoms with Crippen LogP contribution in [-0.4, -0.2) is 20.1 Å². The van der Waals surface area contributed by atoms with Crippen molar-refractivity contribution in [2.75, 3.05) is 0 Å². The molecule has 0 saturated carbocycles. The van der Waals surface area contributed by atoms with E-state index in [0.717, 1.165) is 0 Å². The third-order valence-corrected chi connectivity index (χ3v) is 2.63. The van der Waals surface area contributed by atoms with Gasteiger partial charge in [0.15, 0.2) is 0 Å². The molecule has 0 aliphatic heterocycles. The van der Waals surface area contributed by atoms with Crippen LogP contribution < -0.4 is 4.46 Å². The van der Waals surface area contributed by atoms with E-state index >= 15 is 0 Å². The second-order valence-corrected chi connectivity index (χ2v) is 3.54. The number of hydrogen-bond acceptors (Lipinski definition) is 1. The molecule has 0 unspecified atom stereocenters. The molecule has 48 valence electrons. The summed E-state index contributed by atoms with van der Waals surface area (Å²) in [5, 5.41) is 8.86. The average Bonchev–Trinajstić information content (AvgIpc) is 1.90. The second kappa shape index (κ2) is 2.90. The summed E-state index contributed by atoms with van der Waals surface area (Å²) in [5.74, 6) is 2.50. The summed E-state index contributed by atoms with van der Waals surface area (Å²) in [7, 11) is 0. The molecule has 1 rings (SSSR count). The number of benzene rings is 1. The Morgan fingerprint density at radius 3 is 2.22 bits per heavy atom. The number of aromatic hydroxyl groups is 1. The molecule has 0 aliphatic carbocycles. The molecule has 1 N–H and O–H groups in total. The summed E-state index contributed by atoms with van der Waals surface area (Å²) < 4.78 is 1.32. The van der Waals surface area contributed by atoms with Crippen LogP contribution in [0.3, 0.4) is 0 Å². The van der Waals surface area contributed by atoms with Crippen LogP contribution in [-0.2, 0) is 0 Å². The zero-order valence-corrected chi connectivity index (χ0v) is 6.88. The van der Waals surface area contributed by atoms with Gasteiger partial charge in [-0.1, -0.05) is 0 Å². The first-order valence-electron chi connectivity index (χ1n) is 2.66. The van der Waals surface area contributed by atoms with Gasteiger partial charge in [-0.25, -0.2) is 0 Å². The molecule has 0 spiro atoms. The summed E-state index contributed by atoms with van der Waals surface area (Å²) in [6.07, 6.45) is 0. The Bertz CT molecular complexity index is 181. The standard InChI is InChI=1S/C7H8OSe/c1-9-7-4-2-6(8)3-5-7/h2-5,8H,1H3. The van der Waals surface area contributed by atoms with Crippen molar-refractivity contribution < 1.29 is 5.11 Å². The summed E-state index contributed by atoms with van der Waals surface area (Å²) in [4.78, 5) is 0. The van der Waals surface area contributed by atoms with Gasteiger partial charge in [-0.05, 0) is 0 Å². The Morgan fingerprint density at radius 2 is 1.78 bits per heavy atom. The first-order chi connectivity index (χ1) is 4.33. The van der Waals surface area contributed by atoms with Gasteiger partial charge in [-0.3, -0.25) is 0 Å². The van der Waals surface area contributed by atoms with Gasteiger partial charge in [0, 0.05) is 0 Å². The number of phenols is 1. The van der Waals surface area contributed by atoms with Gasteiger partial charge in [0.25, 0.3) is 0 Å². The van der Waals surface area contributed by atoms with Crippen LogP contribution in [0.15, 0.2) is 24.3 Å². The van der Waals surface area contributed by atoms with Crippen molar-refractivity contribution in [3.63, 3.8) is 0 Å². The van der Waals surface area contributed by atoms with Crippen LogP contribution in [0.2, 0.25) is 5.82 Å². The number of phenolic OH excluding ortho intramolecular Hbond substituents is 1. The molecule has 0 amide bonds. The van der Waals surface area contributed by atoms with Crippen molar-refractivity contribution >= 4 is 19.4 Å². The third-order valence-electron chi connectivity index (χ3n) is 1.07. The molecule has 0 aromatic heterocycles. The molecule has 0 heterocycles. The van der Waals surface area contributed by atoms with E-state index in [0.29, 0.717) is 20.7 Å². The Balaban J connectivity index is 2.88. The van der Waals surface area contributed by atoms with Crippen molar-refractivity contribution in [1.82, 2.24) is 0 Å². The second-order valence-electron chi connectivity index (χ2n) is 1.70. The van der Waals surface area contributed by atoms with E-state index in [-0.39, 0.29) is 0 Å². The van der Waals surface area contributed by atoms with E-state index in [1.165, 1.54) is 4.46 Å². The fraction of sp³-hybridized carbons (Fsp3) is 0.143. The Morgan fingerprint density at radius 1 is 1.22 bits per heavy atom. The molecule has 0 radical (unpaired) electrons. The predicted molar refractivity (Wildman–Crippen MR) is 39.4 cm³/mol. The van der Waals surface area contributed by atoms with Crippen molar-refractivity contribution in [3.8, 4) is 5.75 Å². The average molecular weight is 187 g/mol. The Hall–Kier alpha value is -0.461. The van der Waals surface area contributed by atoms with Crippen LogP contribution >= 0.6 is 0 Å². The van der Waals surface area contributed by atoms with Gasteiger partial charge < -0.3 is 0 Å². The Kier molecular flexibility index (Phi) is 2.15. The molecule has 0 bridgehead atoms. The van der Waals surface area contributed by atoms with Crippen molar-refractivity contribution in [2.45, 2.75) is 5.82 Å². The molecular weight excluding hydrogens is 179 g/mol. The molecule has 0 saturated heterocycles. The van der Waals surface area contributed by atoms with Gasteiger partial charge in [-0.15, -0.1) is 0 Å². The predicted octanol–water partition coefficient (Wildman–Crippen LogP) is 0.770. The van der Waals surface area contributed by atoms with E-state index in [1.54, 1.807) is 12.1 Å². The molecule has 1 aromatic rings. The fourth-order valence-electron chi connectivity index (χ4n) is 0.582. The van der Waals surface area contributed by atoms with Crippen LogP contribution in [0.1, 0.15) is 0 Å². The van der Waals surface area contributed by atoms with Gasteiger partial charge in [0.1, 0.15) is 0 Å². The van der Waals surface area contributed by atoms with Crippen LogP contribution in [0.4, 0.5) is 0 Å². The number of hydrogen-bond donors (Lipinski definition) is 1. The van der Waals surface area contributed by atoms with Crippen LogP contribution in [0.25, 0.3) is 0 Å². The maximum absolute atomic E-state index is 8.86. The maximum atomic E-state index is 8.86. The SMILES string of the molecule is C[Se]c1ccc(O)cc1. The molecule has 1 nitrogen and oxygen atoms in total. The van der Waals surface area contributed by atoms with Gasteiger partial charge >= 0.3 is 60.4 Å². The van der Waals surface area contributed by atoms with E-state index in [1.807, 2.05) is 12.1 Å². The molecular formula is C7H8OSe. The van der Waals surface area contributed by atoms with Gasteiger partial charge in [-0.2, -0.15) is 0 Å². The minimum absolute atomic E-state index is 0.350. The van der Waals surface area contributed by atoms with E-state index in [2.05, 4.69) is 5.82 Å². The van der Waals surface area contributed by atoms with Crippen molar-refractivity contribution in [2.24, 2.45) is 0 Å². The van der Waals surface area contributed by atoms with Crippen LogP contribution in [0, 0.1) is 0 Å². The van der Waals surface area contributed by atoms with Crippen molar-refractivity contribution in [1.29, 1.82) is 0 Å². The molecule has 0 atom stereocenters. The summed E-state index contributed by atoms with van der Waals surface area (Å²) in [6, 6.07) is 7.35. The van der Waals surface area contributed by atoms with E-state index in [4.69, 9.17) is 5.11 Å². The molecule has 0 aliphatic rings. The van der Waals surface area contributed by atoms with Gasteiger partial charge in [0.05, 0.1) is 0 Å². The first-order valence-corrected chi connectivity index (χ1v) is 5.23.